The topological polar surface area (TPSA) is 12.5 Å². The summed E-state index contributed by atoms with van der Waals surface area (Å²) in [5, 5.41) is 0. The van der Waals surface area contributed by atoms with E-state index in [1.807, 2.05) is 23.2 Å². The molecular formula is C9H19F3InNO. The predicted octanol–water partition coefficient (Wildman–Crippen LogP) is 2.53. The van der Waals surface area contributed by atoms with E-state index in [9.17, 15) is 13.2 Å². The molecule has 90 valence electrons. The van der Waals surface area contributed by atoms with Gasteiger partial charge in [-0.1, -0.05) is 0 Å². The quantitative estimate of drug-likeness (QED) is 0.743. The molecule has 0 aliphatic heterocycles. The molecule has 0 aliphatic carbocycles. The van der Waals surface area contributed by atoms with Crippen LogP contribution in [0, 0.1) is 0 Å². The van der Waals surface area contributed by atoms with E-state index in [0.29, 0.717) is 13.1 Å². The van der Waals surface area contributed by atoms with Gasteiger partial charge in [0, 0.05) is 0 Å². The Morgan fingerprint density at radius 3 is 1.93 bits per heavy atom. The van der Waals surface area contributed by atoms with Gasteiger partial charge >= 0.3 is 97.9 Å². The van der Waals surface area contributed by atoms with Gasteiger partial charge in [-0.25, -0.2) is 0 Å². The van der Waals surface area contributed by atoms with Crippen LogP contribution in [-0.2, 0) is 2.85 Å². The second-order valence-corrected chi connectivity index (χ2v) is 10.5. The monoisotopic (exact) mass is 329 g/mol. The van der Waals surface area contributed by atoms with Crippen molar-refractivity contribution in [3.63, 3.8) is 0 Å². The second kappa shape index (κ2) is 7.01. The molecule has 1 unspecified atom stereocenters. The Labute approximate surface area is 97.9 Å². The van der Waals surface area contributed by atoms with Crippen molar-refractivity contribution in [1.82, 2.24) is 4.90 Å². The van der Waals surface area contributed by atoms with Crippen molar-refractivity contribution in [1.29, 1.82) is 0 Å². The van der Waals surface area contributed by atoms with Crippen LogP contribution in [0.5, 0.6) is 0 Å². The molecule has 0 spiro atoms. The number of hydrogen-bond donors (Lipinski definition) is 0. The number of rotatable bonds is 6. The Bertz CT molecular complexity index is 171. The summed E-state index contributed by atoms with van der Waals surface area (Å²) in [4.78, 5) is 1.74. The maximum atomic E-state index is 12.6. The number of alkyl halides is 3. The SMILES string of the molecule is CCN(CC)CC([O][In]([CH3])[CH3])C(F)(F)F. The minimum absolute atomic E-state index is 0.0361. The molecule has 0 rings (SSSR count). The summed E-state index contributed by atoms with van der Waals surface area (Å²) < 4.78 is 46.5. The Morgan fingerprint density at radius 1 is 1.20 bits per heavy atom. The van der Waals surface area contributed by atoms with E-state index < -0.39 is 34.2 Å². The van der Waals surface area contributed by atoms with Crippen LogP contribution >= 0.6 is 0 Å². The minimum atomic E-state index is -4.23. The van der Waals surface area contributed by atoms with Crippen molar-refractivity contribution in [2.24, 2.45) is 0 Å². The van der Waals surface area contributed by atoms with Crippen molar-refractivity contribution < 1.29 is 16.0 Å². The van der Waals surface area contributed by atoms with Gasteiger partial charge < -0.3 is 0 Å². The molecule has 0 fully saturated rings. The fourth-order valence-electron chi connectivity index (χ4n) is 1.27. The number of likely N-dealkylation sites (N-methyl/N-ethyl adjacent to an activating group) is 1. The summed E-state index contributed by atoms with van der Waals surface area (Å²) in [6, 6.07) is 0. The molecule has 0 heterocycles. The molecule has 0 saturated carbocycles. The number of hydrogen-bond acceptors (Lipinski definition) is 2. The average molecular weight is 329 g/mol. The first-order valence-electron chi connectivity index (χ1n) is 5.25. The zero-order valence-corrected chi connectivity index (χ0v) is 13.1. The van der Waals surface area contributed by atoms with E-state index in [0.717, 1.165) is 0 Å². The third-order valence-corrected chi connectivity index (χ3v) is 4.61. The summed E-state index contributed by atoms with van der Waals surface area (Å²) in [5.41, 5.74) is 0. The molecule has 15 heavy (non-hydrogen) atoms. The first-order valence-corrected chi connectivity index (χ1v) is 13.2. The summed E-state index contributed by atoms with van der Waals surface area (Å²) in [7, 11) is 0. The molecular weight excluding hydrogens is 310 g/mol. The van der Waals surface area contributed by atoms with Gasteiger partial charge in [0.15, 0.2) is 0 Å². The van der Waals surface area contributed by atoms with Gasteiger partial charge in [-0.15, -0.1) is 0 Å². The normalized spacial score (nSPS) is 14.4. The van der Waals surface area contributed by atoms with Crippen molar-refractivity contribution in [3.05, 3.63) is 0 Å². The van der Waals surface area contributed by atoms with Crippen LogP contribution in [0.4, 0.5) is 13.2 Å². The van der Waals surface area contributed by atoms with Crippen LogP contribution in [0.1, 0.15) is 13.8 Å². The van der Waals surface area contributed by atoms with Crippen LogP contribution in [0.3, 0.4) is 0 Å². The van der Waals surface area contributed by atoms with Gasteiger partial charge in [0.1, 0.15) is 0 Å². The fourth-order valence-corrected chi connectivity index (χ4v) is 3.83. The molecule has 0 aromatic carbocycles. The Balaban J connectivity index is 4.37. The first-order chi connectivity index (χ1) is 6.81. The van der Waals surface area contributed by atoms with Gasteiger partial charge in [-0.3, -0.25) is 0 Å². The van der Waals surface area contributed by atoms with Crippen LogP contribution in [0.25, 0.3) is 0 Å². The number of halogens is 3. The van der Waals surface area contributed by atoms with E-state index >= 15 is 0 Å². The average Bonchev–Trinajstić information content (AvgIpc) is 2.09. The Kier molecular flexibility index (Phi) is 7.28. The first kappa shape index (κ1) is 15.6. The van der Waals surface area contributed by atoms with Crippen LogP contribution in [0.15, 0.2) is 0 Å². The molecule has 0 aromatic rings. The van der Waals surface area contributed by atoms with E-state index in [1.165, 1.54) is 0 Å². The molecule has 0 bridgehead atoms. The molecule has 0 radical (unpaired) electrons. The molecule has 0 saturated heterocycles. The summed E-state index contributed by atoms with van der Waals surface area (Å²) in [6.45, 7) is 4.93. The Morgan fingerprint density at radius 2 is 1.67 bits per heavy atom. The summed E-state index contributed by atoms with van der Waals surface area (Å²) in [5.74, 6) is 0. The molecule has 0 amide bonds. The summed E-state index contributed by atoms with van der Waals surface area (Å²) >= 11 is -2.29. The fraction of sp³-hybridized carbons (Fsp3) is 1.00. The van der Waals surface area contributed by atoms with Gasteiger partial charge in [-0.05, 0) is 0 Å². The van der Waals surface area contributed by atoms with E-state index in [2.05, 4.69) is 0 Å². The van der Waals surface area contributed by atoms with Gasteiger partial charge in [0.2, 0.25) is 0 Å². The predicted molar refractivity (Wildman–Crippen MR) is 56.2 cm³/mol. The standard InChI is InChI=1S/C7H13F3NO.2CH3.In/c1-3-11(4-2)5-6(12)7(8,9)10;;;/h6H,3-5H2,1-2H3;2*1H3;/q-1;;;+1. The third-order valence-electron chi connectivity index (χ3n) is 2.12. The number of nitrogens with zero attached hydrogens (tertiary/aromatic N) is 1. The van der Waals surface area contributed by atoms with Gasteiger partial charge in [0.25, 0.3) is 0 Å². The molecule has 0 aliphatic rings. The molecule has 1 atom stereocenters. The van der Waals surface area contributed by atoms with E-state index in [-0.39, 0.29) is 6.54 Å². The van der Waals surface area contributed by atoms with Crippen molar-refractivity contribution in [2.45, 2.75) is 35.5 Å². The van der Waals surface area contributed by atoms with Crippen molar-refractivity contribution >= 4 is 21.9 Å². The molecule has 0 N–H and O–H groups in total. The van der Waals surface area contributed by atoms with Crippen LogP contribution < -0.4 is 0 Å². The molecule has 0 aromatic heterocycles. The van der Waals surface area contributed by atoms with Crippen LogP contribution in [0.2, 0.25) is 9.36 Å². The van der Waals surface area contributed by atoms with Gasteiger partial charge in [0.05, 0.1) is 0 Å². The Hall–Kier alpha value is 0.580. The van der Waals surface area contributed by atoms with Gasteiger partial charge in [-0.2, -0.15) is 0 Å². The maximum absolute atomic E-state index is 12.6. The molecule has 6 heteroatoms. The van der Waals surface area contributed by atoms with Crippen molar-refractivity contribution in [3.8, 4) is 0 Å². The van der Waals surface area contributed by atoms with E-state index in [1.54, 1.807) is 4.90 Å². The summed E-state index contributed by atoms with van der Waals surface area (Å²) in [6.07, 6.45) is -5.82. The van der Waals surface area contributed by atoms with Crippen molar-refractivity contribution in [2.75, 3.05) is 19.6 Å². The second-order valence-electron chi connectivity index (χ2n) is 3.70. The molecule has 2 nitrogen and oxygen atoms in total. The zero-order chi connectivity index (χ0) is 12.1. The zero-order valence-electron chi connectivity index (χ0n) is 9.77. The third kappa shape index (κ3) is 6.68. The van der Waals surface area contributed by atoms with E-state index in [4.69, 9.17) is 2.85 Å². The van der Waals surface area contributed by atoms with Crippen LogP contribution in [-0.4, -0.2) is 58.7 Å².